The van der Waals surface area contributed by atoms with Crippen LogP contribution in [0.1, 0.15) is 62.9 Å². The summed E-state index contributed by atoms with van der Waals surface area (Å²) in [5, 5.41) is 0. The second kappa shape index (κ2) is 8.61. The van der Waals surface area contributed by atoms with E-state index in [-0.39, 0.29) is 16.5 Å². The molecule has 1 heterocycles. The third-order valence-electron chi connectivity index (χ3n) is 4.52. The Morgan fingerprint density at radius 2 is 1.89 bits per heavy atom. The zero-order valence-corrected chi connectivity index (χ0v) is 18.0. The first kappa shape index (κ1) is 22.4. The van der Waals surface area contributed by atoms with Gasteiger partial charge in [-0.1, -0.05) is 12.5 Å². The Morgan fingerprint density at radius 3 is 2.50 bits per heavy atom. The summed E-state index contributed by atoms with van der Waals surface area (Å²) in [6, 6.07) is 4.31. The number of sulfonamides is 1. The first-order valence-electron chi connectivity index (χ1n) is 9.43. The van der Waals surface area contributed by atoms with Crippen LogP contribution in [0, 0.1) is 6.92 Å². The van der Waals surface area contributed by atoms with E-state index in [1.807, 2.05) is 6.92 Å². The van der Waals surface area contributed by atoms with Crippen molar-refractivity contribution >= 4 is 22.0 Å². The number of carbonyl (C=O) groups is 2. The fraction of sp³-hybridized carbons (Fsp3) is 0.600. The molecule has 8 heteroatoms. The predicted molar refractivity (Wildman–Crippen MR) is 105 cm³/mol. The van der Waals surface area contributed by atoms with Gasteiger partial charge in [0.1, 0.15) is 5.60 Å². The van der Waals surface area contributed by atoms with Crippen LogP contribution in [0.4, 0.5) is 0 Å². The molecule has 1 atom stereocenters. The van der Waals surface area contributed by atoms with Gasteiger partial charge in [-0.15, -0.1) is 0 Å². The van der Waals surface area contributed by atoms with Gasteiger partial charge in [-0.25, -0.2) is 18.0 Å². The van der Waals surface area contributed by atoms with Gasteiger partial charge in [0, 0.05) is 12.6 Å². The summed E-state index contributed by atoms with van der Waals surface area (Å²) in [7, 11) is -3.71. The molecule has 1 aliphatic heterocycles. The third kappa shape index (κ3) is 5.54. The molecule has 156 valence electrons. The van der Waals surface area contributed by atoms with Crippen LogP contribution in [-0.2, 0) is 24.3 Å². The highest BCUT2D eigenvalue weighted by molar-refractivity contribution is 7.89. The molecule has 0 N–H and O–H groups in total. The van der Waals surface area contributed by atoms with Crippen LogP contribution in [-0.4, -0.2) is 49.5 Å². The van der Waals surface area contributed by atoms with Gasteiger partial charge in [0.25, 0.3) is 0 Å². The summed E-state index contributed by atoms with van der Waals surface area (Å²) >= 11 is 0. The number of ether oxygens (including phenoxy) is 2. The van der Waals surface area contributed by atoms with Crippen LogP contribution >= 0.6 is 0 Å². The van der Waals surface area contributed by atoms with Gasteiger partial charge >= 0.3 is 11.9 Å². The van der Waals surface area contributed by atoms with Crippen molar-refractivity contribution in [1.82, 2.24) is 4.31 Å². The Kier molecular flexibility index (Phi) is 6.88. The second-order valence-electron chi connectivity index (χ2n) is 8.10. The number of hydrogen-bond donors (Lipinski definition) is 0. The molecule has 2 rings (SSSR count). The minimum absolute atomic E-state index is 0.0519. The average molecular weight is 412 g/mol. The maximum Gasteiger partial charge on any atom is 0.344 e. The molecular weight excluding hydrogens is 382 g/mol. The van der Waals surface area contributed by atoms with E-state index < -0.39 is 34.2 Å². The lowest BCUT2D eigenvalue weighted by molar-refractivity contribution is -0.158. The molecular formula is C20H29NO6S. The van der Waals surface area contributed by atoms with Crippen molar-refractivity contribution in [3.63, 3.8) is 0 Å². The summed E-state index contributed by atoms with van der Waals surface area (Å²) < 4.78 is 37.6. The number of carbonyl (C=O) groups excluding carboxylic acids is 2. The van der Waals surface area contributed by atoms with Gasteiger partial charge in [-0.3, -0.25) is 0 Å². The van der Waals surface area contributed by atoms with Gasteiger partial charge in [-0.2, -0.15) is 4.31 Å². The zero-order chi connectivity index (χ0) is 21.1. The third-order valence-corrected chi connectivity index (χ3v) is 6.53. The van der Waals surface area contributed by atoms with E-state index in [0.717, 1.165) is 19.3 Å². The summed E-state index contributed by atoms with van der Waals surface area (Å²) in [6.07, 6.45) is 2.64. The normalized spacial score (nSPS) is 18.5. The Bertz CT molecular complexity index is 841. The largest absolute Gasteiger partial charge is 0.457 e. The first-order valence-corrected chi connectivity index (χ1v) is 10.9. The molecule has 1 aromatic rings. The molecule has 28 heavy (non-hydrogen) atoms. The van der Waals surface area contributed by atoms with E-state index in [0.29, 0.717) is 12.1 Å². The highest BCUT2D eigenvalue weighted by Gasteiger charge is 2.31. The molecule has 1 aliphatic rings. The molecule has 0 aliphatic carbocycles. The topological polar surface area (TPSA) is 90.0 Å². The minimum atomic E-state index is -3.71. The second-order valence-corrected chi connectivity index (χ2v) is 9.99. The molecule has 1 aromatic carbocycles. The Balaban J connectivity index is 2.18. The molecule has 0 amide bonds. The Morgan fingerprint density at radius 1 is 1.21 bits per heavy atom. The van der Waals surface area contributed by atoms with Crippen LogP contribution in [0.3, 0.4) is 0 Å². The van der Waals surface area contributed by atoms with Gasteiger partial charge in [0.15, 0.2) is 6.61 Å². The lowest BCUT2D eigenvalue weighted by Gasteiger charge is -2.32. The van der Waals surface area contributed by atoms with Gasteiger partial charge in [0.05, 0.1) is 10.5 Å². The van der Waals surface area contributed by atoms with Gasteiger partial charge < -0.3 is 9.47 Å². The van der Waals surface area contributed by atoms with Crippen molar-refractivity contribution in [3.8, 4) is 0 Å². The van der Waals surface area contributed by atoms with Crippen LogP contribution in [0.25, 0.3) is 0 Å². The zero-order valence-electron chi connectivity index (χ0n) is 17.1. The van der Waals surface area contributed by atoms with Crippen molar-refractivity contribution in [1.29, 1.82) is 0 Å². The molecule has 7 nitrogen and oxygen atoms in total. The summed E-state index contributed by atoms with van der Waals surface area (Å²) in [5.41, 5.74) is 0.00700. The van der Waals surface area contributed by atoms with E-state index in [9.17, 15) is 18.0 Å². The molecule has 0 saturated carbocycles. The van der Waals surface area contributed by atoms with E-state index in [2.05, 4.69) is 0 Å². The summed E-state index contributed by atoms with van der Waals surface area (Å²) in [4.78, 5) is 24.2. The quantitative estimate of drug-likeness (QED) is 0.692. The summed E-state index contributed by atoms with van der Waals surface area (Å²) in [5.74, 6) is -1.42. The van der Waals surface area contributed by atoms with Crippen molar-refractivity contribution < 1.29 is 27.5 Å². The molecule has 1 fully saturated rings. The number of benzene rings is 1. The SMILES string of the molecule is Cc1ccc(S(=O)(=O)N2CCCCC2C)cc1C(=O)OCC(=O)OC(C)(C)C. The molecule has 1 saturated heterocycles. The number of nitrogens with zero attached hydrogens (tertiary/aromatic N) is 1. The van der Waals surface area contributed by atoms with Gasteiger partial charge in [0.2, 0.25) is 10.0 Å². The number of hydrogen-bond acceptors (Lipinski definition) is 6. The number of aryl methyl sites for hydroxylation is 1. The molecule has 0 bridgehead atoms. The van der Waals surface area contributed by atoms with Crippen LogP contribution < -0.4 is 0 Å². The lowest BCUT2D eigenvalue weighted by Crippen LogP contribution is -2.41. The number of rotatable bonds is 5. The van der Waals surface area contributed by atoms with E-state index >= 15 is 0 Å². The fourth-order valence-electron chi connectivity index (χ4n) is 3.12. The van der Waals surface area contributed by atoms with E-state index in [4.69, 9.17) is 9.47 Å². The van der Waals surface area contributed by atoms with Crippen LogP contribution in [0.15, 0.2) is 23.1 Å². The number of esters is 2. The van der Waals surface area contributed by atoms with Gasteiger partial charge in [-0.05, 0) is 65.2 Å². The highest BCUT2D eigenvalue weighted by Crippen LogP contribution is 2.26. The summed E-state index contributed by atoms with van der Waals surface area (Å²) in [6.45, 7) is 8.66. The minimum Gasteiger partial charge on any atom is -0.457 e. The fourth-order valence-corrected chi connectivity index (χ4v) is 4.85. The predicted octanol–water partition coefficient (Wildman–Crippen LogP) is 3.06. The monoisotopic (exact) mass is 411 g/mol. The molecule has 0 aromatic heterocycles. The van der Waals surface area contributed by atoms with Crippen molar-refractivity contribution in [2.75, 3.05) is 13.2 Å². The lowest BCUT2D eigenvalue weighted by atomic mass is 10.1. The van der Waals surface area contributed by atoms with Crippen LogP contribution in [0.5, 0.6) is 0 Å². The van der Waals surface area contributed by atoms with Crippen molar-refractivity contribution in [2.24, 2.45) is 0 Å². The number of piperidine rings is 1. The first-order chi connectivity index (χ1) is 12.9. The Labute approximate surface area is 167 Å². The van der Waals surface area contributed by atoms with E-state index in [1.54, 1.807) is 33.8 Å². The standard InChI is InChI=1S/C20H29NO6S/c1-14-9-10-16(28(24,25)21-11-7-6-8-15(21)2)12-17(14)19(23)26-13-18(22)27-20(3,4)5/h9-10,12,15H,6-8,11,13H2,1-5H3. The smallest absolute Gasteiger partial charge is 0.344 e. The molecule has 1 unspecified atom stereocenters. The highest BCUT2D eigenvalue weighted by atomic mass is 32.2. The van der Waals surface area contributed by atoms with Crippen LogP contribution in [0.2, 0.25) is 0 Å². The maximum absolute atomic E-state index is 13.0. The van der Waals surface area contributed by atoms with Crippen molar-refractivity contribution in [3.05, 3.63) is 29.3 Å². The van der Waals surface area contributed by atoms with E-state index in [1.165, 1.54) is 16.4 Å². The average Bonchev–Trinajstić information content (AvgIpc) is 2.58. The molecule has 0 radical (unpaired) electrons. The van der Waals surface area contributed by atoms with Crippen molar-refractivity contribution in [2.45, 2.75) is 70.4 Å². The molecule has 0 spiro atoms. The Hall–Kier alpha value is -1.93. The maximum atomic E-state index is 13.0.